The van der Waals surface area contributed by atoms with Crippen LogP contribution in [0.2, 0.25) is 0 Å². The van der Waals surface area contributed by atoms with Gasteiger partial charge in [-0.05, 0) is 19.1 Å². The van der Waals surface area contributed by atoms with Crippen molar-refractivity contribution in [2.75, 3.05) is 4.72 Å². The minimum absolute atomic E-state index is 0.249. The molecule has 0 saturated heterocycles. The van der Waals surface area contributed by atoms with E-state index in [1.54, 1.807) is 0 Å². The van der Waals surface area contributed by atoms with Gasteiger partial charge in [0.2, 0.25) is 0 Å². The first-order valence-corrected chi connectivity index (χ1v) is 8.78. The Labute approximate surface area is 129 Å². The molecule has 2 rings (SSSR count). The number of hydrogen-bond donors (Lipinski definition) is 1. The number of rotatable bonds is 4. The van der Waals surface area contributed by atoms with Crippen molar-refractivity contribution in [1.82, 2.24) is 5.16 Å². The maximum absolute atomic E-state index is 12.7. The number of alkyl halides is 3. The lowest BCUT2D eigenvalue weighted by molar-refractivity contribution is -0.0437. The maximum atomic E-state index is 12.7. The Bertz CT molecular complexity index is 933. The number of aryl methyl sites for hydroxylation is 1. The number of sulfonamides is 1. The molecule has 1 heterocycles. The largest absolute Gasteiger partial charge is 0.501 e. The van der Waals surface area contributed by atoms with Crippen molar-refractivity contribution in [2.24, 2.45) is 0 Å². The molecule has 1 N–H and O–H groups in total. The van der Waals surface area contributed by atoms with Crippen molar-refractivity contribution in [3.63, 3.8) is 0 Å². The van der Waals surface area contributed by atoms with Crippen LogP contribution in [-0.2, 0) is 19.9 Å². The summed E-state index contributed by atoms with van der Waals surface area (Å²) in [7, 11) is -10.5. The zero-order valence-electron chi connectivity index (χ0n) is 11.3. The van der Waals surface area contributed by atoms with Gasteiger partial charge in [0.1, 0.15) is 10.7 Å². The Morgan fingerprint density at radius 2 is 1.65 bits per heavy atom. The first kappa shape index (κ1) is 17.3. The standard InChI is InChI=1S/C11H9F3N2O5S2/c1-7-6-10(15-21-7)16-23(19,20)9-5-3-2-4-8(9)22(17,18)11(12,13)14/h2-6H,1H3,(H,15,16). The van der Waals surface area contributed by atoms with Gasteiger partial charge in [0.15, 0.2) is 5.82 Å². The summed E-state index contributed by atoms with van der Waals surface area (Å²) in [5.41, 5.74) is -5.64. The molecule has 0 spiro atoms. The number of aromatic nitrogens is 1. The molecule has 0 fully saturated rings. The number of hydrogen-bond acceptors (Lipinski definition) is 6. The Balaban J connectivity index is 2.57. The Kier molecular flexibility index (Phi) is 4.15. The summed E-state index contributed by atoms with van der Waals surface area (Å²) in [5.74, 6) is -0.0411. The van der Waals surface area contributed by atoms with E-state index >= 15 is 0 Å². The summed E-state index contributed by atoms with van der Waals surface area (Å²) in [6.07, 6.45) is 0. The van der Waals surface area contributed by atoms with Gasteiger partial charge in [-0.1, -0.05) is 17.3 Å². The summed E-state index contributed by atoms with van der Waals surface area (Å²) in [6, 6.07) is 4.56. The van der Waals surface area contributed by atoms with Crippen LogP contribution in [0.1, 0.15) is 5.76 Å². The molecule has 0 bridgehead atoms. The van der Waals surface area contributed by atoms with Crippen LogP contribution in [0.5, 0.6) is 0 Å². The van der Waals surface area contributed by atoms with Gasteiger partial charge < -0.3 is 4.52 Å². The lowest BCUT2D eigenvalue weighted by Gasteiger charge is -2.13. The minimum Gasteiger partial charge on any atom is -0.360 e. The SMILES string of the molecule is Cc1cc(NS(=O)(=O)c2ccccc2S(=O)(=O)C(F)(F)F)no1. The Morgan fingerprint density at radius 1 is 1.09 bits per heavy atom. The molecule has 2 aromatic rings. The first-order valence-electron chi connectivity index (χ1n) is 5.82. The fourth-order valence-electron chi connectivity index (χ4n) is 1.63. The third kappa shape index (κ3) is 3.32. The quantitative estimate of drug-likeness (QED) is 0.883. The molecule has 0 unspecified atom stereocenters. The molecule has 0 amide bonds. The molecule has 0 aliphatic heterocycles. The van der Waals surface area contributed by atoms with E-state index in [0.29, 0.717) is 6.07 Å². The van der Waals surface area contributed by atoms with E-state index in [1.165, 1.54) is 13.0 Å². The summed E-state index contributed by atoms with van der Waals surface area (Å²) < 4.78 is 92.0. The second-order valence-corrected chi connectivity index (χ2v) is 7.88. The average molecular weight is 370 g/mol. The van der Waals surface area contributed by atoms with Crippen molar-refractivity contribution < 1.29 is 34.5 Å². The van der Waals surface area contributed by atoms with Crippen molar-refractivity contribution in [3.05, 3.63) is 36.1 Å². The number of anilines is 1. The van der Waals surface area contributed by atoms with Gasteiger partial charge in [-0.3, -0.25) is 4.72 Å². The van der Waals surface area contributed by atoms with Crippen molar-refractivity contribution >= 4 is 25.7 Å². The highest BCUT2D eigenvalue weighted by atomic mass is 32.2. The number of nitrogens with zero attached hydrogens (tertiary/aromatic N) is 1. The molecule has 0 radical (unpaired) electrons. The Morgan fingerprint density at radius 3 is 2.13 bits per heavy atom. The predicted molar refractivity (Wildman–Crippen MR) is 71.7 cm³/mol. The molecule has 0 atom stereocenters. The first-order chi connectivity index (χ1) is 10.4. The molecule has 7 nitrogen and oxygen atoms in total. The van der Waals surface area contributed by atoms with Crippen LogP contribution >= 0.6 is 0 Å². The number of nitrogens with one attached hydrogen (secondary N) is 1. The molecule has 12 heteroatoms. The number of benzene rings is 1. The third-order valence-electron chi connectivity index (χ3n) is 2.60. The van der Waals surface area contributed by atoms with E-state index in [4.69, 9.17) is 0 Å². The monoisotopic (exact) mass is 370 g/mol. The fourth-order valence-corrected chi connectivity index (χ4v) is 4.20. The lowest BCUT2D eigenvalue weighted by atomic mass is 10.4. The minimum atomic E-state index is -5.84. The summed E-state index contributed by atoms with van der Waals surface area (Å²) in [4.78, 5) is -2.42. The second kappa shape index (κ2) is 5.53. The number of halogens is 3. The van der Waals surface area contributed by atoms with Crippen LogP contribution in [0.4, 0.5) is 19.0 Å². The average Bonchev–Trinajstić information content (AvgIpc) is 2.82. The topological polar surface area (TPSA) is 106 Å². The van der Waals surface area contributed by atoms with E-state index in [1.807, 2.05) is 4.72 Å². The van der Waals surface area contributed by atoms with Gasteiger partial charge in [-0.15, -0.1) is 0 Å². The lowest BCUT2D eigenvalue weighted by Crippen LogP contribution is -2.26. The van der Waals surface area contributed by atoms with Crippen LogP contribution in [0.15, 0.2) is 44.6 Å². The fraction of sp³-hybridized carbons (Fsp3) is 0.182. The smallest absolute Gasteiger partial charge is 0.360 e. The van der Waals surface area contributed by atoms with E-state index in [0.717, 1.165) is 18.2 Å². The van der Waals surface area contributed by atoms with Gasteiger partial charge in [-0.2, -0.15) is 13.2 Å². The van der Waals surface area contributed by atoms with Gasteiger partial charge in [0.25, 0.3) is 19.9 Å². The maximum Gasteiger partial charge on any atom is 0.501 e. The van der Waals surface area contributed by atoms with Crippen molar-refractivity contribution in [1.29, 1.82) is 0 Å². The highest BCUT2D eigenvalue weighted by Crippen LogP contribution is 2.34. The van der Waals surface area contributed by atoms with E-state index in [-0.39, 0.29) is 11.6 Å². The van der Waals surface area contributed by atoms with Crippen LogP contribution < -0.4 is 4.72 Å². The zero-order chi connectivity index (χ0) is 17.5. The summed E-state index contributed by atoms with van der Waals surface area (Å²) in [6.45, 7) is 1.47. The molecule has 1 aromatic carbocycles. The van der Waals surface area contributed by atoms with Gasteiger partial charge in [0, 0.05) is 6.07 Å². The van der Waals surface area contributed by atoms with Crippen LogP contribution in [-0.4, -0.2) is 27.5 Å². The van der Waals surface area contributed by atoms with E-state index in [9.17, 15) is 30.0 Å². The molecular formula is C11H9F3N2O5S2. The molecule has 0 aliphatic carbocycles. The van der Waals surface area contributed by atoms with Crippen LogP contribution in [0, 0.1) is 6.92 Å². The van der Waals surface area contributed by atoms with E-state index in [2.05, 4.69) is 9.68 Å². The second-order valence-electron chi connectivity index (χ2n) is 4.32. The zero-order valence-corrected chi connectivity index (χ0v) is 13.0. The molecule has 23 heavy (non-hydrogen) atoms. The molecule has 0 aliphatic rings. The van der Waals surface area contributed by atoms with Crippen LogP contribution in [0.3, 0.4) is 0 Å². The van der Waals surface area contributed by atoms with Gasteiger partial charge in [-0.25, -0.2) is 16.8 Å². The van der Waals surface area contributed by atoms with Crippen LogP contribution in [0.25, 0.3) is 0 Å². The molecule has 126 valence electrons. The number of sulfone groups is 1. The highest BCUT2D eigenvalue weighted by Gasteiger charge is 2.49. The van der Waals surface area contributed by atoms with Gasteiger partial charge in [0.05, 0.1) is 4.90 Å². The molecule has 0 saturated carbocycles. The molecule has 1 aromatic heterocycles. The van der Waals surface area contributed by atoms with E-state index < -0.39 is 35.2 Å². The summed E-state index contributed by atoms with van der Waals surface area (Å²) >= 11 is 0. The normalized spacial score (nSPS) is 13.0. The van der Waals surface area contributed by atoms with Crippen molar-refractivity contribution in [2.45, 2.75) is 22.2 Å². The summed E-state index contributed by atoms with van der Waals surface area (Å²) in [5, 5.41) is 3.33. The predicted octanol–water partition coefficient (Wildman–Crippen LogP) is 2.08. The van der Waals surface area contributed by atoms with Gasteiger partial charge >= 0.3 is 5.51 Å². The Hall–Kier alpha value is -2.08. The third-order valence-corrected chi connectivity index (χ3v) is 5.69. The van der Waals surface area contributed by atoms with Crippen molar-refractivity contribution in [3.8, 4) is 0 Å². The highest BCUT2D eigenvalue weighted by molar-refractivity contribution is 7.95. The molecular weight excluding hydrogens is 361 g/mol.